The van der Waals surface area contributed by atoms with Gasteiger partial charge in [-0.3, -0.25) is 14.3 Å². The number of thiophene rings is 1. The molecule has 0 radical (unpaired) electrons. The summed E-state index contributed by atoms with van der Waals surface area (Å²) in [5.74, 6) is -0.365. The summed E-state index contributed by atoms with van der Waals surface area (Å²) < 4.78 is 1.78. The SMILES string of the molecule is Cc1nn(C)c2sc(C(=O)NC(C)C(=O)N[C@H]3CCCNC3)cc12.Cl. The van der Waals surface area contributed by atoms with E-state index >= 15 is 0 Å². The van der Waals surface area contributed by atoms with E-state index in [2.05, 4.69) is 21.0 Å². The van der Waals surface area contributed by atoms with Crippen molar-refractivity contribution in [2.75, 3.05) is 13.1 Å². The maximum Gasteiger partial charge on any atom is 0.262 e. The predicted octanol–water partition coefficient (Wildman–Crippen LogP) is 1.35. The molecule has 0 aliphatic carbocycles. The van der Waals surface area contributed by atoms with Crippen LogP contribution < -0.4 is 16.0 Å². The highest BCUT2D eigenvalue weighted by atomic mass is 35.5. The first kappa shape index (κ1) is 19.7. The van der Waals surface area contributed by atoms with Crippen molar-refractivity contribution >= 4 is 45.8 Å². The zero-order valence-corrected chi connectivity index (χ0v) is 16.2. The van der Waals surface area contributed by atoms with Gasteiger partial charge >= 0.3 is 0 Å². The van der Waals surface area contributed by atoms with Crippen molar-refractivity contribution in [1.29, 1.82) is 0 Å². The van der Waals surface area contributed by atoms with Gasteiger partial charge in [0.2, 0.25) is 5.91 Å². The number of nitrogens with zero attached hydrogens (tertiary/aromatic N) is 2. The largest absolute Gasteiger partial charge is 0.350 e. The number of fused-ring (bicyclic) bond motifs is 1. The maximum absolute atomic E-state index is 12.4. The summed E-state index contributed by atoms with van der Waals surface area (Å²) in [7, 11) is 1.86. The quantitative estimate of drug-likeness (QED) is 0.741. The molecule has 3 N–H and O–H groups in total. The molecule has 2 amide bonds. The number of hydrogen-bond acceptors (Lipinski definition) is 5. The van der Waals surface area contributed by atoms with E-state index in [1.807, 2.05) is 20.0 Å². The Morgan fingerprint density at radius 3 is 2.88 bits per heavy atom. The smallest absolute Gasteiger partial charge is 0.262 e. The summed E-state index contributed by atoms with van der Waals surface area (Å²) in [5, 5.41) is 14.3. The number of hydrogen-bond donors (Lipinski definition) is 3. The Kier molecular flexibility index (Phi) is 6.42. The lowest BCUT2D eigenvalue weighted by atomic mass is 10.1. The van der Waals surface area contributed by atoms with Gasteiger partial charge < -0.3 is 16.0 Å². The molecule has 1 unspecified atom stereocenters. The van der Waals surface area contributed by atoms with Gasteiger partial charge in [-0.1, -0.05) is 0 Å². The van der Waals surface area contributed by atoms with Crippen molar-refractivity contribution in [2.24, 2.45) is 7.05 Å². The number of rotatable bonds is 4. The lowest BCUT2D eigenvalue weighted by Crippen LogP contribution is -2.52. The number of piperidine rings is 1. The van der Waals surface area contributed by atoms with Crippen LogP contribution in [0.4, 0.5) is 0 Å². The monoisotopic (exact) mass is 385 g/mol. The molecule has 1 saturated heterocycles. The van der Waals surface area contributed by atoms with Crippen LogP contribution in [0.2, 0.25) is 0 Å². The van der Waals surface area contributed by atoms with Crippen LogP contribution in [-0.2, 0) is 11.8 Å². The van der Waals surface area contributed by atoms with E-state index in [4.69, 9.17) is 0 Å². The first-order chi connectivity index (χ1) is 11.5. The number of aryl methyl sites for hydroxylation is 2. The van der Waals surface area contributed by atoms with Crippen LogP contribution in [0.5, 0.6) is 0 Å². The second-order valence-electron chi connectivity index (χ2n) is 6.29. The molecular weight excluding hydrogens is 362 g/mol. The number of carbonyl (C=O) groups excluding carboxylic acids is 2. The molecule has 1 aliphatic rings. The molecule has 0 saturated carbocycles. The molecule has 25 heavy (non-hydrogen) atoms. The second-order valence-corrected chi connectivity index (χ2v) is 7.32. The van der Waals surface area contributed by atoms with Crippen molar-refractivity contribution in [2.45, 2.75) is 38.8 Å². The molecule has 138 valence electrons. The van der Waals surface area contributed by atoms with Crippen LogP contribution >= 0.6 is 23.7 Å². The van der Waals surface area contributed by atoms with Crippen molar-refractivity contribution in [3.05, 3.63) is 16.6 Å². The fraction of sp³-hybridized carbons (Fsp3) is 0.562. The molecule has 0 aromatic carbocycles. The maximum atomic E-state index is 12.4. The van der Waals surface area contributed by atoms with Crippen LogP contribution in [0.15, 0.2) is 6.07 Å². The van der Waals surface area contributed by atoms with Crippen molar-refractivity contribution < 1.29 is 9.59 Å². The Labute approximate surface area is 156 Å². The minimum atomic E-state index is -0.566. The highest BCUT2D eigenvalue weighted by molar-refractivity contribution is 7.20. The van der Waals surface area contributed by atoms with Crippen LogP contribution in [0.3, 0.4) is 0 Å². The van der Waals surface area contributed by atoms with E-state index < -0.39 is 6.04 Å². The Morgan fingerprint density at radius 2 is 2.24 bits per heavy atom. The summed E-state index contributed by atoms with van der Waals surface area (Å²) in [5.41, 5.74) is 0.901. The average molecular weight is 386 g/mol. The van der Waals surface area contributed by atoms with Gasteiger partial charge in [-0.2, -0.15) is 5.10 Å². The number of nitrogens with one attached hydrogen (secondary N) is 3. The van der Waals surface area contributed by atoms with E-state index in [-0.39, 0.29) is 30.3 Å². The lowest BCUT2D eigenvalue weighted by molar-refractivity contribution is -0.123. The van der Waals surface area contributed by atoms with E-state index in [0.717, 1.165) is 41.8 Å². The van der Waals surface area contributed by atoms with E-state index in [0.29, 0.717) is 4.88 Å². The Morgan fingerprint density at radius 1 is 1.48 bits per heavy atom. The number of amides is 2. The van der Waals surface area contributed by atoms with Crippen molar-refractivity contribution in [3.63, 3.8) is 0 Å². The van der Waals surface area contributed by atoms with E-state index in [1.165, 1.54) is 11.3 Å². The van der Waals surface area contributed by atoms with Gasteiger partial charge in [0, 0.05) is 25.0 Å². The molecule has 1 fully saturated rings. The van der Waals surface area contributed by atoms with Gasteiger partial charge in [-0.25, -0.2) is 0 Å². The van der Waals surface area contributed by atoms with Gasteiger partial charge in [0.05, 0.1) is 10.6 Å². The molecule has 2 atom stereocenters. The first-order valence-corrected chi connectivity index (χ1v) is 9.02. The molecule has 2 aromatic rings. The summed E-state index contributed by atoms with van der Waals surface area (Å²) in [6, 6.07) is 1.42. The third kappa shape index (κ3) is 4.31. The van der Waals surface area contributed by atoms with Crippen LogP contribution in [0.25, 0.3) is 10.2 Å². The molecule has 9 heteroatoms. The molecular formula is C16H24ClN5O2S. The minimum absolute atomic E-state index is 0. The number of carbonyl (C=O) groups is 2. The number of halogens is 1. The Hall–Kier alpha value is -1.64. The third-order valence-electron chi connectivity index (χ3n) is 4.30. The predicted molar refractivity (Wildman–Crippen MR) is 102 cm³/mol. The van der Waals surface area contributed by atoms with Gasteiger partial charge in [-0.05, 0) is 39.3 Å². The minimum Gasteiger partial charge on any atom is -0.350 e. The normalized spacial score (nSPS) is 18.4. The number of aromatic nitrogens is 2. The van der Waals surface area contributed by atoms with Crippen LogP contribution in [0.1, 0.15) is 35.1 Å². The van der Waals surface area contributed by atoms with E-state index in [1.54, 1.807) is 11.6 Å². The molecule has 0 spiro atoms. The Bertz CT molecular complexity index is 731. The summed E-state index contributed by atoms with van der Waals surface area (Å²) in [6.45, 7) is 5.42. The molecule has 7 nitrogen and oxygen atoms in total. The van der Waals surface area contributed by atoms with Gasteiger partial charge in [0.15, 0.2) is 0 Å². The average Bonchev–Trinajstić information content (AvgIpc) is 3.10. The van der Waals surface area contributed by atoms with Crippen molar-refractivity contribution in [3.8, 4) is 0 Å². The highest BCUT2D eigenvalue weighted by Gasteiger charge is 2.22. The van der Waals surface area contributed by atoms with Crippen molar-refractivity contribution in [1.82, 2.24) is 25.7 Å². The highest BCUT2D eigenvalue weighted by Crippen LogP contribution is 2.27. The first-order valence-electron chi connectivity index (χ1n) is 8.21. The van der Waals surface area contributed by atoms with Crippen LogP contribution in [0, 0.1) is 6.92 Å². The molecule has 2 aromatic heterocycles. The molecule has 3 rings (SSSR count). The lowest BCUT2D eigenvalue weighted by Gasteiger charge is -2.25. The van der Waals surface area contributed by atoms with Crippen LogP contribution in [-0.4, -0.2) is 46.8 Å². The topological polar surface area (TPSA) is 88.0 Å². The molecule has 3 heterocycles. The van der Waals surface area contributed by atoms with E-state index in [9.17, 15) is 9.59 Å². The summed E-state index contributed by atoms with van der Waals surface area (Å²) in [6.07, 6.45) is 2.03. The third-order valence-corrected chi connectivity index (χ3v) is 5.50. The summed E-state index contributed by atoms with van der Waals surface area (Å²) >= 11 is 1.39. The standard InChI is InChI=1S/C16H23N5O2S.ClH/c1-9-12-7-13(24-16(12)21(3)20-9)15(23)18-10(2)14(22)19-11-5-4-6-17-8-11;/h7,10-11,17H,4-6,8H2,1-3H3,(H,18,23)(H,19,22);1H/t10?,11-;/m0./s1. The summed E-state index contributed by atoms with van der Waals surface area (Å²) in [4.78, 5) is 26.2. The zero-order valence-electron chi connectivity index (χ0n) is 14.6. The fourth-order valence-electron chi connectivity index (χ4n) is 2.95. The van der Waals surface area contributed by atoms with Gasteiger partial charge in [0.1, 0.15) is 10.9 Å². The van der Waals surface area contributed by atoms with Gasteiger partial charge in [0.25, 0.3) is 5.91 Å². The van der Waals surface area contributed by atoms with Gasteiger partial charge in [-0.15, -0.1) is 23.7 Å². The Balaban J connectivity index is 0.00000225. The molecule has 1 aliphatic heterocycles. The molecule has 0 bridgehead atoms. The fourth-order valence-corrected chi connectivity index (χ4v) is 3.98. The second kappa shape index (κ2) is 8.16. The zero-order chi connectivity index (χ0) is 17.3.